The Bertz CT molecular complexity index is 889. The van der Waals surface area contributed by atoms with Crippen LogP contribution in [-0.2, 0) is 11.3 Å². The molecule has 1 atom stereocenters. The fraction of sp³-hybridized carbons (Fsp3) is 0.500. The summed E-state index contributed by atoms with van der Waals surface area (Å²) in [6.45, 7) is 2.23. The fourth-order valence-electron chi connectivity index (χ4n) is 4.04. The van der Waals surface area contributed by atoms with Gasteiger partial charge in [-0.3, -0.25) is 14.2 Å². The highest BCUT2D eigenvalue weighted by molar-refractivity contribution is 5.92. The molecule has 1 saturated carbocycles. The van der Waals surface area contributed by atoms with Gasteiger partial charge in [-0.15, -0.1) is 10.2 Å². The lowest BCUT2D eigenvalue weighted by Crippen LogP contribution is -2.38. The van der Waals surface area contributed by atoms with Crippen LogP contribution in [0.2, 0.25) is 0 Å². The number of carbonyl (C=O) groups is 2. The largest absolute Gasteiger partial charge is 0.370 e. The SMILES string of the molecule is NC(=O)CC1CCCN(c2nnc(C3CC3)n2Cc2cccc(C(N)=O)c2)C1. The summed E-state index contributed by atoms with van der Waals surface area (Å²) in [5, 5.41) is 8.98. The number of amides is 2. The predicted octanol–water partition coefficient (Wildman–Crippen LogP) is 1.39. The Labute approximate surface area is 163 Å². The molecule has 2 fully saturated rings. The molecule has 1 unspecified atom stereocenters. The van der Waals surface area contributed by atoms with E-state index in [-0.39, 0.29) is 11.8 Å². The molecular formula is C20H26N6O2. The molecule has 8 heteroatoms. The Morgan fingerprint density at radius 1 is 1.14 bits per heavy atom. The van der Waals surface area contributed by atoms with E-state index in [2.05, 4.69) is 19.7 Å². The number of hydrogen-bond donors (Lipinski definition) is 2. The molecule has 1 aliphatic heterocycles. The van der Waals surface area contributed by atoms with Gasteiger partial charge in [-0.2, -0.15) is 0 Å². The number of rotatable bonds is 7. The van der Waals surface area contributed by atoms with Crippen molar-refractivity contribution < 1.29 is 9.59 Å². The minimum absolute atomic E-state index is 0.249. The minimum atomic E-state index is -0.432. The maximum Gasteiger partial charge on any atom is 0.248 e. The van der Waals surface area contributed by atoms with Crippen LogP contribution in [0.5, 0.6) is 0 Å². The molecule has 1 aromatic heterocycles. The van der Waals surface area contributed by atoms with E-state index in [0.29, 0.717) is 24.4 Å². The number of nitrogens with two attached hydrogens (primary N) is 2. The summed E-state index contributed by atoms with van der Waals surface area (Å²) in [6, 6.07) is 7.38. The van der Waals surface area contributed by atoms with E-state index in [4.69, 9.17) is 11.5 Å². The van der Waals surface area contributed by atoms with Crippen LogP contribution in [0.4, 0.5) is 5.95 Å². The summed E-state index contributed by atoms with van der Waals surface area (Å²) in [5.41, 5.74) is 12.3. The maximum absolute atomic E-state index is 11.5. The van der Waals surface area contributed by atoms with Gasteiger partial charge in [0.15, 0.2) is 0 Å². The molecule has 0 bridgehead atoms. The number of primary amides is 2. The molecule has 0 spiro atoms. The lowest BCUT2D eigenvalue weighted by Gasteiger charge is -2.33. The van der Waals surface area contributed by atoms with E-state index in [1.165, 1.54) is 0 Å². The van der Waals surface area contributed by atoms with Crippen molar-refractivity contribution in [1.29, 1.82) is 0 Å². The highest BCUT2D eigenvalue weighted by Gasteiger charge is 2.33. The van der Waals surface area contributed by atoms with Gasteiger partial charge in [0.1, 0.15) is 5.82 Å². The van der Waals surface area contributed by atoms with Crippen LogP contribution in [0.15, 0.2) is 24.3 Å². The van der Waals surface area contributed by atoms with Gasteiger partial charge in [-0.1, -0.05) is 12.1 Å². The third-order valence-corrected chi connectivity index (χ3v) is 5.55. The number of piperidine rings is 1. The van der Waals surface area contributed by atoms with Crippen LogP contribution in [0.25, 0.3) is 0 Å². The molecule has 2 aromatic rings. The maximum atomic E-state index is 11.5. The average Bonchev–Trinajstić information content (AvgIpc) is 3.42. The van der Waals surface area contributed by atoms with Crippen molar-refractivity contribution in [1.82, 2.24) is 14.8 Å². The number of aromatic nitrogens is 3. The van der Waals surface area contributed by atoms with Crippen molar-refractivity contribution in [3.63, 3.8) is 0 Å². The summed E-state index contributed by atoms with van der Waals surface area (Å²) < 4.78 is 2.16. The van der Waals surface area contributed by atoms with Crippen LogP contribution in [0, 0.1) is 5.92 Å². The zero-order chi connectivity index (χ0) is 19.7. The summed E-state index contributed by atoms with van der Waals surface area (Å²) in [6.07, 6.45) is 4.67. The minimum Gasteiger partial charge on any atom is -0.370 e. The van der Waals surface area contributed by atoms with Crippen LogP contribution in [0.1, 0.15) is 59.8 Å². The van der Waals surface area contributed by atoms with Crippen molar-refractivity contribution in [2.75, 3.05) is 18.0 Å². The highest BCUT2D eigenvalue weighted by Crippen LogP contribution is 2.40. The van der Waals surface area contributed by atoms with Crippen molar-refractivity contribution in [2.45, 2.75) is 44.6 Å². The van der Waals surface area contributed by atoms with Gasteiger partial charge in [0.2, 0.25) is 17.8 Å². The van der Waals surface area contributed by atoms with E-state index in [0.717, 1.165) is 56.1 Å². The predicted molar refractivity (Wildman–Crippen MR) is 105 cm³/mol. The Hall–Kier alpha value is -2.90. The third-order valence-electron chi connectivity index (χ3n) is 5.55. The van der Waals surface area contributed by atoms with Crippen molar-refractivity contribution in [2.24, 2.45) is 17.4 Å². The van der Waals surface area contributed by atoms with Gasteiger partial charge in [0, 0.05) is 31.0 Å². The smallest absolute Gasteiger partial charge is 0.248 e. The highest BCUT2D eigenvalue weighted by atomic mass is 16.1. The Kier molecular flexibility index (Phi) is 5.02. The quantitative estimate of drug-likeness (QED) is 0.750. The Morgan fingerprint density at radius 2 is 1.96 bits per heavy atom. The third kappa shape index (κ3) is 4.00. The first kappa shape index (κ1) is 18.5. The van der Waals surface area contributed by atoms with Crippen LogP contribution in [0.3, 0.4) is 0 Å². The fourth-order valence-corrected chi connectivity index (χ4v) is 4.04. The molecule has 8 nitrogen and oxygen atoms in total. The molecular weight excluding hydrogens is 356 g/mol. The van der Waals surface area contributed by atoms with Gasteiger partial charge in [0.05, 0.1) is 6.54 Å². The molecule has 1 saturated heterocycles. The molecule has 0 radical (unpaired) electrons. The Balaban J connectivity index is 1.61. The van der Waals surface area contributed by atoms with Crippen LogP contribution < -0.4 is 16.4 Å². The van der Waals surface area contributed by atoms with Gasteiger partial charge in [-0.05, 0) is 49.3 Å². The zero-order valence-electron chi connectivity index (χ0n) is 15.9. The molecule has 148 valence electrons. The van der Waals surface area contributed by atoms with E-state index in [9.17, 15) is 9.59 Å². The summed E-state index contributed by atoms with van der Waals surface area (Å²) >= 11 is 0. The number of benzene rings is 1. The number of carbonyl (C=O) groups excluding carboxylic acids is 2. The average molecular weight is 382 g/mol. The second-order valence-electron chi connectivity index (χ2n) is 7.91. The van der Waals surface area contributed by atoms with Crippen molar-refractivity contribution in [3.8, 4) is 0 Å². The molecule has 4 rings (SSSR count). The number of anilines is 1. The molecule has 28 heavy (non-hydrogen) atoms. The molecule has 1 aromatic carbocycles. The Morgan fingerprint density at radius 3 is 2.68 bits per heavy atom. The molecule has 2 amide bonds. The normalized spacial score (nSPS) is 19.6. The van der Waals surface area contributed by atoms with E-state index < -0.39 is 5.91 Å². The molecule has 4 N–H and O–H groups in total. The van der Waals surface area contributed by atoms with E-state index >= 15 is 0 Å². The summed E-state index contributed by atoms with van der Waals surface area (Å²) in [4.78, 5) is 25.1. The second kappa shape index (κ2) is 7.61. The summed E-state index contributed by atoms with van der Waals surface area (Å²) in [7, 11) is 0. The van der Waals surface area contributed by atoms with Crippen LogP contribution in [-0.4, -0.2) is 39.7 Å². The lowest BCUT2D eigenvalue weighted by molar-refractivity contribution is -0.118. The first-order valence-electron chi connectivity index (χ1n) is 9.86. The van der Waals surface area contributed by atoms with E-state index in [1.54, 1.807) is 6.07 Å². The van der Waals surface area contributed by atoms with Crippen LogP contribution >= 0.6 is 0 Å². The van der Waals surface area contributed by atoms with Gasteiger partial charge in [0.25, 0.3) is 0 Å². The summed E-state index contributed by atoms with van der Waals surface area (Å²) in [5.74, 6) is 1.84. The molecule has 2 heterocycles. The van der Waals surface area contributed by atoms with Gasteiger partial charge in [-0.25, -0.2) is 0 Å². The first-order chi connectivity index (χ1) is 13.5. The zero-order valence-corrected chi connectivity index (χ0v) is 15.9. The first-order valence-corrected chi connectivity index (χ1v) is 9.86. The monoisotopic (exact) mass is 382 g/mol. The van der Waals surface area contributed by atoms with Crippen molar-refractivity contribution in [3.05, 3.63) is 41.2 Å². The molecule has 1 aliphatic carbocycles. The second-order valence-corrected chi connectivity index (χ2v) is 7.91. The topological polar surface area (TPSA) is 120 Å². The standard InChI is InChI=1S/C20H26N6O2/c21-17(27)10-14-4-2-8-25(11-14)20-24-23-19(15-6-7-15)26(20)12-13-3-1-5-16(9-13)18(22)28/h1,3,5,9,14-15H,2,4,6-8,10-12H2,(H2,21,27)(H2,22,28). The van der Waals surface area contributed by atoms with Gasteiger partial charge >= 0.3 is 0 Å². The lowest BCUT2D eigenvalue weighted by atomic mass is 9.95. The van der Waals surface area contributed by atoms with Gasteiger partial charge < -0.3 is 16.4 Å². The van der Waals surface area contributed by atoms with E-state index in [1.807, 2.05) is 18.2 Å². The molecule has 2 aliphatic rings. The number of hydrogen-bond acceptors (Lipinski definition) is 5. The number of nitrogens with zero attached hydrogens (tertiary/aromatic N) is 4. The van der Waals surface area contributed by atoms with Crippen molar-refractivity contribution >= 4 is 17.8 Å².